The molecule has 1 atom stereocenters. The molecule has 1 rings (SSSR count). The van der Waals surface area contributed by atoms with Gasteiger partial charge in [-0.05, 0) is 23.9 Å². The van der Waals surface area contributed by atoms with Gasteiger partial charge >= 0.3 is 0 Å². The van der Waals surface area contributed by atoms with Crippen molar-refractivity contribution in [3.05, 3.63) is 35.9 Å². The van der Waals surface area contributed by atoms with Gasteiger partial charge in [-0.25, -0.2) is 0 Å². The average molecular weight is 235 g/mol. The maximum absolute atomic E-state index is 5.28. The Morgan fingerprint density at radius 1 is 1.18 bits per heavy atom. The first kappa shape index (κ1) is 14.2. The van der Waals surface area contributed by atoms with E-state index in [1.165, 1.54) is 12.0 Å². The minimum absolute atomic E-state index is 0.295. The fraction of sp³-hybridized carbons (Fsp3) is 0.600. The Labute approximate surface area is 105 Å². The van der Waals surface area contributed by atoms with Crippen molar-refractivity contribution in [2.75, 3.05) is 20.3 Å². The van der Waals surface area contributed by atoms with E-state index in [1.54, 1.807) is 7.11 Å². The molecule has 0 saturated carbocycles. The van der Waals surface area contributed by atoms with Gasteiger partial charge in [0, 0.05) is 7.11 Å². The number of methoxy groups -OCH3 is 1. The summed E-state index contributed by atoms with van der Waals surface area (Å²) in [5, 5.41) is 3.57. The molecule has 0 fully saturated rings. The second-order valence-electron chi connectivity index (χ2n) is 5.68. The largest absolute Gasteiger partial charge is 0.383 e. The van der Waals surface area contributed by atoms with E-state index in [1.807, 2.05) is 6.07 Å². The van der Waals surface area contributed by atoms with Crippen LogP contribution in [0.15, 0.2) is 30.3 Å². The smallest absolute Gasteiger partial charge is 0.0657 e. The average Bonchev–Trinajstić information content (AvgIpc) is 2.27. The Kier molecular flexibility index (Phi) is 5.66. The SMILES string of the molecule is COCC(NCCC(C)(C)C)c1ccccc1. The Hall–Kier alpha value is -0.860. The lowest BCUT2D eigenvalue weighted by Crippen LogP contribution is -2.28. The number of benzene rings is 1. The van der Waals surface area contributed by atoms with Gasteiger partial charge in [0.25, 0.3) is 0 Å². The molecule has 17 heavy (non-hydrogen) atoms. The number of nitrogens with one attached hydrogen (secondary N) is 1. The summed E-state index contributed by atoms with van der Waals surface area (Å²) in [6, 6.07) is 10.8. The van der Waals surface area contributed by atoms with Crippen molar-refractivity contribution >= 4 is 0 Å². The van der Waals surface area contributed by atoms with Crippen molar-refractivity contribution < 1.29 is 4.74 Å². The van der Waals surface area contributed by atoms with Gasteiger partial charge in [-0.15, -0.1) is 0 Å². The van der Waals surface area contributed by atoms with Crippen molar-refractivity contribution in [2.24, 2.45) is 5.41 Å². The van der Waals surface area contributed by atoms with Crippen molar-refractivity contribution in [1.82, 2.24) is 5.32 Å². The van der Waals surface area contributed by atoms with Crippen LogP contribution in [0.2, 0.25) is 0 Å². The Morgan fingerprint density at radius 3 is 2.35 bits per heavy atom. The van der Waals surface area contributed by atoms with E-state index in [-0.39, 0.29) is 0 Å². The topological polar surface area (TPSA) is 21.3 Å². The Bertz CT molecular complexity index is 302. The van der Waals surface area contributed by atoms with Crippen LogP contribution in [0.25, 0.3) is 0 Å². The molecule has 0 aliphatic carbocycles. The van der Waals surface area contributed by atoms with Gasteiger partial charge in [-0.2, -0.15) is 0 Å². The van der Waals surface area contributed by atoms with Gasteiger partial charge in [-0.3, -0.25) is 0 Å². The Balaban J connectivity index is 2.50. The van der Waals surface area contributed by atoms with E-state index in [0.717, 1.165) is 6.54 Å². The van der Waals surface area contributed by atoms with E-state index in [4.69, 9.17) is 4.74 Å². The predicted octanol–water partition coefficient (Wildman–Crippen LogP) is 3.40. The van der Waals surface area contributed by atoms with Crippen molar-refractivity contribution in [3.8, 4) is 0 Å². The van der Waals surface area contributed by atoms with E-state index in [0.29, 0.717) is 18.1 Å². The molecule has 0 aliphatic rings. The molecule has 0 radical (unpaired) electrons. The van der Waals surface area contributed by atoms with Gasteiger partial charge in [0.2, 0.25) is 0 Å². The highest BCUT2D eigenvalue weighted by Gasteiger charge is 2.13. The fourth-order valence-corrected chi connectivity index (χ4v) is 1.75. The lowest BCUT2D eigenvalue weighted by Gasteiger charge is -2.22. The van der Waals surface area contributed by atoms with Crippen LogP contribution >= 0.6 is 0 Å². The van der Waals surface area contributed by atoms with Crippen LogP contribution in [0.5, 0.6) is 0 Å². The predicted molar refractivity (Wildman–Crippen MR) is 73.1 cm³/mol. The van der Waals surface area contributed by atoms with E-state index < -0.39 is 0 Å². The van der Waals surface area contributed by atoms with Crippen molar-refractivity contribution in [1.29, 1.82) is 0 Å². The lowest BCUT2D eigenvalue weighted by molar-refractivity contribution is 0.164. The lowest BCUT2D eigenvalue weighted by atomic mass is 9.92. The molecule has 0 aromatic heterocycles. The molecule has 0 heterocycles. The molecule has 2 heteroatoms. The van der Waals surface area contributed by atoms with Crippen molar-refractivity contribution in [3.63, 3.8) is 0 Å². The summed E-state index contributed by atoms with van der Waals surface area (Å²) in [5.41, 5.74) is 1.67. The monoisotopic (exact) mass is 235 g/mol. The highest BCUT2D eigenvalue weighted by Crippen LogP contribution is 2.19. The van der Waals surface area contributed by atoms with Crippen LogP contribution in [0.1, 0.15) is 38.8 Å². The van der Waals surface area contributed by atoms with Crippen LogP contribution in [-0.4, -0.2) is 20.3 Å². The number of ether oxygens (including phenoxy) is 1. The molecule has 1 N–H and O–H groups in total. The summed E-state index contributed by atoms with van der Waals surface area (Å²) >= 11 is 0. The highest BCUT2D eigenvalue weighted by molar-refractivity contribution is 5.18. The minimum Gasteiger partial charge on any atom is -0.383 e. The summed E-state index contributed by atoms with van der Waals surface area (Å²) in [6.45, 7) is 8.54. The normalized spacial score (nSPS) is 13.6. The van der Waals surface area contributed by atoms with Crippen LogP contribution < -0.4 is 5.32 Å². The molecule has 0 bridgehead atoms. The second kappa shape index (κ2) is 6.77. The standard InChI is InChI=1S/C15H25NO/c1-15(2,3)10-11-16-14(12-17-4)13-8-6-5-7-9-13/h5-9,14,16H,10-12H2,1-4H3. The van der Waals surface area contributed by atoms with E-state index >= 15 is 0 Å². The molecule has 2 nitrogen and oxygen atoms in total. The zero-order chi connectivity index (χ0) is 12.7. The second-order valence-corrected chi connectivity index (χ2v) is 5.68. The minimum atomic E-state index is 0.295. The van der Waals surface area contributed by atoms with Gasteiger partial charge < -0.3 is 10.1 Å². The molecular formula is C15H25NO. The molecule has 0 amide bonds. The highest BCUT2D eigenvalue weighted by atomic mass is 16.5. The molecule has 0 saturated heterocycles. The fourth-order valence-electron chi connectivity index (χ4n) is 1.75. The van der Waals surface area contributed by atoms with Gasteiger partial charge in [0.1, 0.15) is 0 Å². The summed E-state index contributed by atoms with van der Waals surface area (Å²) in [7, 11) is 1.75. The summed E-state index contributed by atoms with van der Waals surface area (Å²) in [4.78, 5) is 0. The Morgan fingerprint density at radius 2 is 1.82 bits per heavy atom. The zero-order valence-electron chi connectivity index (χ0n) is 11.5. The van der Waals surface area contributed by atoms with Crippen molar-refractivity contribution in [2.45, 2.75) is 33.2 Å². The van der Waals surface area contributed by atoms with E-state index in [2.05, 4.69) is 50.4 Å². The molecule has 1 unspecified atom stereocenters. The molecule has 1 aromatic carbocycles. The zero-order valence-corrected chi connectivity index (χ0v) is 11.5. The molecule has 96 valence electrons. The molecular weight excluding hydrogens is 210 g/mol. The summed E-state index contributed by atoms with van der Waals surface area (Å²) in [6.07, 6.45) is 1.17. The third kappa shape index (κ3) is 5.85. The van der Waals surface area contributed by atoms with Gasteiger partial charge in [0.15, 0.2) is 0 Å². The number of hydrogen-bond acceptors (Lipinski definition) is 2. The summed E-state index contributed by atoms with van der Waals surface area (Å²) < 4.78 is 5.28. The van der Waals surface area contributed by atoms with E-state index in [9.17, 15) is 0 Å². The first-order chi connectivity index (χ1) is 8.03. The molecule has 1 aromatic rings. The first-order valence-corrected chi connectivity index (χ1v) is 6.30. The maximum Gasteiger partial charge on any atom is 0.0657 e. The third-order valence-electron chi connectivity index (χ3n) is 2.80. The number of hydrogen-bond donors (Lipinski definition) is 1. The molecule has 0 aliphatic heterocycles. The van der Waals surface area contributed by atoms with Crippen LogP contribution in [0.4, 0.5) is 0 Å². The first-order valence-electron chi connectivity index (χ1n) is 6.30. The van der Waals surface area contributed by atoms with Gasteiger partial charge in [-0.1, -0.05) is 51.1 Å². The van der Waals surface area contributed by atoms with Crippen LogP contribution in [0, 0.1) is 5.41 Å². The quantitative estimate of drug-likeness (QED) is 0.816. The number of rotatable bonds is 6. The maximum atomic E-state index is 5.28. The third-order valence-corrected chi connectivity index (χ3v) is 2.80. The molecule has 0 spiro atoms. The summed E-state index contributed by atoms with van der Waals surface area (Å²) in [5.74, 6) is 0. The van der Waals surface area contributed by atoms with Gasteiger partial charge in [0.05, 0.1) is 12.6 Å². The van der Waals surface area contributed by atoms with Crippen LogP contribution in [0.3, 0.4) is 0 Å². The van der Waals surface area contributed by atoms with Crippen LogP contribution in [-0.2, 0) is 4.74 Å².